The number of carbonyl (C=O) groups excluding carboxylic acids is 2. The van der Waals surface area contributed by atoms with Gasteiger partial charge in [0.15, 0.2) is 12.4 Å². The quantitative estimate of drug-likeness (QED) is 0.459. The van der Waals surface area contributed by atoms with E-state index in [1.54, 1.807) is 0 Å². The van der Waals surface area contributed by atoms with Gasteiger partial charge in [0.1, 0.15) is 5.75 Å². The third-order valence-electron chi connectivity index (χ3n) is 4.15. The maximum absolute atomic E-state index is 13.5. The highest BCUT2D eigenvalue weighted by Gasteiger charge is 2.34. The van der Waals surface area contributed by atoms with E-state index in [9.17, 15) is 35.9 Å². The van der Waals surface area contributed by atoms with Gasteiger partial charge in [-0.15, -0.1) is 0 Å². The zero-order valence-electron chi connectivity index (χ0n) is 16.4. The molecule has 0 aliphatic carbocycles. The maximum Gasteiger partial charge on any atom is 0.418 e. The van der Waals surface area contributed by atoms with Crippen molar-refractivity contribution in [3.63, 3.8) is 0 Å². The summed E-state index contributed by atoms with van der Waals surface area (Å²) in [7, 11) is 0. The molecule has 0 unspecified atom stereocenters. The van der Waals surface area contributed by atoms with E-state index in [0.717, 1.165) is 36.4 Å². The fourth-order valence-electron chi connectivity index (χ4n) is 2.64. The molecule has 0 saturated heterocycles. The van der Waals surface area contributed by atoms with E-state index in [4.69, 9.17) is 9.15 Å². The second-order valence-electron chi connectivity index (χ2n) is 6.55. The van der Waals surface area contributed by atoms with Crippen LogP contribution < -0.4 is 15.4 Å². The molecule has 174 valence electrons. The number of hydrogen-bond acceptors (Lipinski definition) is 4. The number of rotatable bonds is 6. The van der Waals surface area contributed by atoms with Crippen LogP contribution in [0.25, 0.3) is 0 Å². The zero-order valence-corrected chi connectivity index (χ0v) is 16.4. The summed E-state index contributed by atoms with van der Waals surface area (Å²) in [5, 5.41) is 4.28. The molecule has 0 aliphatic rings. The fraction of sp³-hybridized carbons (Fsp3) is 0.143. The number of halogens is 6. The zero-order chi connectivity index (χ0) is 24.2. The van der Waals surface area contributed by atoms with Crippen molar-refractivity contribution in [3.05, 3.63) is 77.7 Å². The van der Waals surface area contributed by atoms with Gasteiger partial charge in [-0.3, -0.25) is 9.59 Å². The number of amides is 2. The Labute approximate surface area is 182 Å². The van der Waals surface area contributed by atoms with Crippen LogP contribution in [-0.4, -0.2) is 18.4 Å². The molecular formula is C21H14F6N2O4. The lowest BCUT2D eigenvalue weighted by Crippen LogP contribution is -2.22. The summed E-state index contributed by atoms with van der Waals surface area (Å²) < 4.78 is 88.0. The molecule has 2 aromatic carbocycles. The molecule has 33 heavy (non-hydrogen) atoms. The molecule has 12 heteroatoms. The average molecular weight is 472 g/mol. The molecule has 1 heterocycles. The largest absolute Gasteiger partial charge is 0.484 e. The van der Waals surface area contributed by atoms with Crippen molar-refractivity contribution in [3.8, 4) is 5.75 Å². The van der Waals surface area contributed by atoms with Gasteiger partial charge in [-0.25, -0.2) is 0 Å². The van der Waals surface area contributed by atoms with Crippen LogP contribution in [0.1, 0.15) is 21.7 Å². The maximum atomic E-state index is 13.5. The Bertz CT molecular complexity index is 1120. The Kier molecular flexibility index (Phi) is 6.65. The highest BCUT2D eigenvalue weighted by atomic mass is 19.4. The van der Waals surface area contributed by atoms with Crippen LogP contribution in [0.2, 0.25) is 0 Å². The minimum atomic E-state index is -4.87. The summed E-state index contributed by atoms with van der Waals surface area (Å²) in [4.78, 5) is 24.0. The number of ether oxygens (including phenoxy) is 1. The molecule has 3 aromatic rings. The van der Waals surface area contributed by atoms with Crippen LogP contribution >= 0.6 is 0 Å². The van der Waals surface area contributed by atoms with E-state index >= 15 is 0 Å². The molecule has 0 bridgehead atoms. The van der Waals surface area contributed by atoms with Crippen molar-refractivity contribution >= 4 is 23.2 Å². The monoisotopic (exact) mass is 472 g/mol. The number of furan rings is 1. The summed E-state index contributed by atoms with van der Waals surface area (Å²) in [6, 6.07) is 8.91. The van der Waals surface area contributed by atoms with Crippen LogP contribution in [0, 0.1) is 0 Å². The highest BCUT2D eigenvalue weighted by Crippen LogP contribution is 2.37. The van der Waals surface area contributed by atoms with Crippen molar-refractivity contribution < 1.29 is 45.1 Å². The number of carbonyl (C=O) groups is 2. The molecule has 0 saturated carbocycles. The number of nitrogens with one attached hydrogen (secondary N) is 2. The van der Waals surface area contributed by atoms with Gasteiger partial charge in [-0.1, -0.05) is 0 Å². The van der Waals surface area contributed by atoms with Gasteiger partial charge in [0, 0.05) is 5.69 Å². The van der Waals surface area contributed by atoms with Crippen molar-refractivity contribution in [2.24, 2.45) is 0 Å². The summed E-state index contributed by atoms with van der Waals surface area (Å²) in [5.41, 5.74) is -2.95. The predicted molar refractivity (Wildman–Crippen MR) is 104 cm³/mol. The minimum absolute atomic E-state index is 0.0785. The summed E-state index contributed by atoms with van der Waals surface area (Å²) in [5.74, 6) is -1.94. The Balaban J connectivity index is 1.67. The lowest BCUT2D eigenvalue weighted by molar-refractivity contribution is -0.138. The molecule has 0 aliphatic heterocycles. The Hall–Kier alpha value is -3.96. The predicted octanol–water partition coefficient (Wildman–Crippen LogP) is 5.59. The minimum Gasteiger partial charge on any atom is -0.484 e. The molecule has 2 amide bonds. The van der Waals surface area contributed by atoms with Gasteiger partial charge in [-0.05, 0) is 54.6 Å². The first-order chi connectivity index (χ1) is 15.4. The molecule has 6 nitrogen and oxygen atoms in total. The standard InChI is InChI=1S/C21H14F6N2O4/c22-20(23,24)12-3-6-14(7-4-12)33-11-18(30)29-16-8-5-13(10-15(16)21(25,26)27)28-19(31)17-2-1-9-32-17/h1-10H,11H2,(H,28,31)(H,29,30). The number of hydrogen-bond donors (Lipinski definition) is 2. The molecule has 2 N–H and O–H groups in total. The highest BCUT2D eigenvalue weighted by molar-refractivity contribution is 6.02. The fourth-order valence-corrected chi connectivity index (χ4v) is 2.64. The first-order valence-electron chi connectivity index (χ1n) is 9.09. The van der Waals surface area contributed by atoms with Crippen LogP contribution in [0.15, 0.2) is 65.3 Å². The van der Waals surface area contributed by atoms with E-state index < -0.39 is 47.6 Å². The van der Waals surface area contributed by atoms with Gasteiger partial charge in [0.05, 0.1) is 23.1 Å². The van der Waals surface area contributed by atoms with Crippen LogP contribution in [0.3, 0.4) is 0 Å². The Morgan fingerprint density at radius 3 is 2.15 bits per heavy atom. The second kappa shape index (κ2) is 9.27. The van der Waals surface area contributed by atoms with Crippen molar-refractivity contribution in [2.45, 2.75) is 12.4 Å². The van der Waals surface area contributed by atoms with Crippen LogP contribution in [0.5, 0.6) is 5.75 Å². The van der Waals surface area contributed by atoms with E-state index in [2.05, 4.69) is 5.32 Å². The van der Waals surface area contributed by atoms with Crippen molar-refractivity contribution in [2.75, 3.05) is 17.2 Å². The summed E-state index contributed by atoms with van der Waals surface area (Å²) >= 11 is 0. The number of benzene rings is 2. The molecule has 0 fully saturated rings. The van der Waals surface area contributed by atoms with Crippen molar-refractivity contribution in [1.82, 2.24) is 0 Å². The van der Waals surface area contributed by atoms with Crippen LogP contribution in [0.4, 0.5) is 37.7 Å². The Morgan fingerprint density at radius 1 is 0.879 bits per heavy atom. The SMILES string of the molecule is O=C(COc1ccc(C(F)(F)F)cc1)Nc1ccc(NC(=O)c2ccco2)cc1C(F)(F)F. The smallest absolute Gasteiger partial charge is 0.418 e. The normalized spacial score (nSPS) is 11.7. The number of alkyl halides is 6. The van der Waals surface area contributed by atoms with Gasteiger partial charge >= 0.3 is 12.4 Å². The summed E-state index contributed by atoms with van der Waals surface area (Å²) in [6.45, 7) is -0.750. The van der Waals surface area contributed by atoms with E-state index in [0.29, 0.717) is 6.07 Å². The van der Waals surface area contributed by atoms with Crippen LogP contribution in [-0.2, 0) is 17.1 Å². The third-order valence-corrected chi connectivity index (χ3v) is 4.15. The molecule has 0 radical (unpaired) electrons. The molecule has 3 rings (SSSR count). The molecule has 0 spiro atoms. The lowest BCUT2D eigenvalue weighted by Gasteiger charge is -2.16. The first-order valence-corrected chi connectivity index (χ1v) is 9.09. The third kappa shape index (κ3) is 6.28. The van der Waals surface area contributed by atoms with E-state index in [1.165, 1.54) is 18.4 Å². The average Bonchev–Trinajstić information content (AvgIpc) is 3.27. The van der Waals surface area contributed by atoms with Gasteiger partial charge in [0.25, 0.3) is 11.8 Å². The van der Waals surface area contributed by atoms with Gasteiger partial charge in [-0.2, -0.15) is 26.3 Å². The van der Waals surface area contributed by atoms with Gasteiger partial charge in [0.2, 0.25) is 0 Å². The summed E-state index contributed by atoms with van der Waals surface area (Å²) in [6.07, 6.45) is -8.20. The van der Waals surface area contributed by atoms with Gasteiger partial charge < -0.3 is 19.8 Å². The topological polar surface area (TPSA) is 80.6 Å². The molecular weight excluding hydrogens is 458 g/mol. The van der Waals surface area contributed by atoms with E-state index in [1.807, 2.05) is 5.32 Å². The Morgan fingerprint density at radius 2 is 1.58 bits per heavy atom. The number of anilines is 2. The molecule has 0 atom stereocenters. The second-order valence-corrected chi connectivity index (χ2v) is 6.55. The first kappa shape index (κ1) is 23.7. The van der Waals surface area contributed by atoms with E-state index in [-0.39, 0.29) is 17.2 Å². The molecule has 1 aromatic heterocycles. The lowest BCUT2D eigenvalue weighted by atomic mass is 10.1. The van der Waals surface area contributed by atoms with Crippen molar-refractivity contribution in [1.29, 1.82) is 0 Å².